The molecule has 2 atom stereocenters. The minimum absolute atomic E-state index is 0.0393. The van der Waals surface area contributed by atoms with Crippen LogP contribution in [0, 0.1) is 5.92 Å². The van der Waals surface area contributed by atoms with Gasteiger partial charge in [0, 0.05) is 17.3 Å². The van der Waals surface area contributed by atoms with Crippen molar-refractivity contribution in [2.45, 2.75) is 18.9 Å². The van der Waals surface area contributed by atoms with Crippen molar-refractivity contribution in [3.05, 3.63) is 82.0 Å². The Morgan fingerprint density at radius 1 is 1.00 bits per heavy atom. The summed E-state index contributed by atoms with van der Waals surface area (Å²) >= 11 is 1.32. The van der Waals surface area contributed by atoms with Gasteiger partial charge in [-0.2, -0.15) is 0 Å². The van der Waals surface area contributed by atoms with Crippen molar-refractivity contribution >= 4 is 29.3 Å². The number of carboxylic acids is 1. The largest absolute Gasteiger partial charge is 0.481 e. The predicted molar refractivity (Wildman–Crippen MR) is 125 cm³/mol. The van der Waals surface area contributed by atoms with E-state index in [0.717, 1.165) is 22.3 Å². The molecule has 0 spiro atoms. The van der Waals surface area contributed by atoms with E-state index < -0.39 is 29.9 Å². The standard InChI is InChI=1S/C25H24N2O5S/c1-15(24(29)30)13-26-23(28)22(21-11-6-12-33-21)27-25(31)32-14-20-18-9-4-2-7-16(18)17-8-3-5-10-19(17)20/h2-12,15,20,22H,13-14H2,1H3,(H,26,28)(H,27,31)(H,29,30). The monoisotopic (exact) mass is 464 g/mol. The van der Waals surface area contributed by atoms with E-state index >= 15 is 0 Å². The number of nitrogens with one attached hydrogen (secondary N) is 2. The van der Waals surface area contributed by atoms with Gasteiger partial charge in [0.15, 0.2) is 0 Å². The highest BCUT2D eigenvalue weighted by Crippen LogP contribution is 2.44. The topological polar surface area (TPSA) is 105 Å². The van der Waals surface area contributed by atoms with Gasteiger partial charge in [-0.25, -0.2) is 4.79 Å². The van der Waals surface area contributed by atoms with Gasteiger partial charge in [0.05, 0.1) is 5.92 Å². The fourth-order valence-corrected chi connectivity index (χ4v) is 4.70. The molecule has 2 aromatic carbocycles. The average molecular weight is 465 g/mol. The summed E-state index contributed by atoms with van der Waals surface area (Å²) in [6, 6.07) is 18.6. The third-order valence-corrected chi connectivity index (χ3v) is 6.64. The van der Waals surface area contributed by atoms with Crippen molar-refractivity contribution < 1.29 is 24.2 Å². The number of alkyl carbamates (subject to hydrolysis) is 1. The van der Waals surface area contributed by atoms with E-state index in [4.69, 9.17) is 9.84 Å². The number of hydrogen-bond acceptors (Lipinski definition) is 5. The molecule has 0 radical (unpaired) electrons. The van der Waals surface area contributed by atoms with Crippen molar-refractivity contribution in [2.24, 2.45) is 5.92 Å². The normalized spacial score (nSPS) is 14.0. The van der Waals surface area contributed by atoms with E-state index in [1.807, 2.05) is 36.4 Å². The van der Waals surface area contributed by atoms with E-state index in [-0.39, 0.29) is 19.1 Å². The summed E-state index contributed by atoms with van der Waals surface area (Å²) in [7, 11) is 0. The molecule has 0 aliphatic heterocycles. The lowest BCUT2D eigenvalue weighted by atomic mass is 9.98. The van der Waals surface area contributed by atoms with Crippen molar-refractivity contribution in [3.8, 4) is 11.1 Å². The first-order valence-electron chi connectivity index (χ1n) is 10.6. The van der Waals surface area contributed by atoms with Gasteiger partial charge < -0.3 is 20.5 Å². The van der Waals surface area contributed by atoms with Crippen molar-refractivity contribution in [3.63, 3.8) is 0 Å². The summed E-state index contributed by atoms with van der Waals surface area (Å²) < 4.78 is 5.56. The van der Waals surface area contributed by atoms with Crippen LogP contribution in [0.15, 0.2) is 66.0 Å². The number of fused-ring (bicyclic) bond motifs is 3. The van der Waals surface area contributed by atoms with E-state index in [9.17, 15) is 14.4 Å². The summed E-state index contributed by atoms with van der Waals surface area (Å²) in [5.74, 6) is -2.33. The number of carboxylic acid groups (broad SMARTS) is 1. The van der Waals surface area contributed by atoms with Crippen molar-refractivity contribution in [1.82, 2.24) is 10.6 Å². The smallest absolute Gasteiger partial charge is 0.408 e. The number of carbonyl (C=O) groups is 3. The Morgan fingerprint density at radius 3 is 2.21 bits per heavy atom. The van der Waals surface area contributed by atoms with E-state index in [2.05, 4.69) is 22.8 Å². The Labute approximate surface area is 195 Å². The highest BCUT2D eigenvalue weighted by atomic mass is 32.1. The molecule has 33 heavy (non-hydrogen) atoms. The second kappa shape index (κ2) is 9.87. The number of rotatable bonds is 8. The molecule has 2 amide bonds. The molecule has 0 saturated heterocycles. The SMILES string of the molecule is CC(CNC(=O)C(NC(=O)OCC1c2ccccc2-c2ccccc21)c1cccs1)C(=O)O. The lowest BCUT2D eigenvalue weighted by Gasteiger charge is -2.19. The van der Waals surface area contributed by atoms with Gasteiger partial charge in [0.25, 0.3) is 0 Å². The van der Waals surface area contributed by atoms with Crippen LogP contribution in [-0.2, 0) is 14.3 Å². The molecule has 0 bridgehead atoms. The van der Waals surface area contributed by atoms with Crippen LogP contribution < -0.4 is 10.6 Å². The first-order valence-corrected chi connectivity index (χ1v) is 11.5. The number of ether oxygens (including phenoxy) is 1. The van der Waals surface area contributed by atoms with Gasteiger partial charge in [0.1, 0.15) is 12.6 Å². The number of aliphatic carboxylic acids is 1. The molecule has 3 aromatic rings. The van der Waals surface area contributed by atoms with Crippen LogP contribution >= 0.6 is 11.3 Å². The van der Waals surface area contributed by atoms with Crippen LogP contribution in [0.25, 0.3) is 11.1 Å². The second-order valence-corrected chi connectivity index (χ2v) is 8.88. The summed E-state index contributed by atoms with van der Waals surface area (Å²) in [6.07, 6.45) is -0.711. The first-order chi connectivity index (χ1) is 16.0. The van der Waals surface area contributed by atoms with E-state index in [1.54, 1.807) is 17.5 Å². The maximum atomic E-state index is 12.7. The number of thiophene rings is 1. The van der Waals surface area contributed by atoms with Crippen LogP contribution in [-0.4, -0.2) is 36.2 Å². The van der Waals surface area contributed by atoms with Crippen molar-refractivity contribution in [2.75, 3.05) is 13.2 Å². The molecule has 1 heterocycles. The second-order valence-electron chi connectivity index (χ2n) is 7.90. The van der Waals surface area contributed by atoms with Crippen LogP contribution in [0.4, 0.5) is 4.79 Å². The van der Waals surface area contributed by atoms with Gasteiger partial charge in [-0.15, -0.1) is 11.3 Å². The molecule has 0 fully saturated rings. The molecule has 1 aromatic heterocycles. The average Bonchev–Trinajstić information content (AvgIpc) is 3.46. The highest BCUT2D eigenvalue weighted by Gasteiger charge is 2.30. The maximum absolute atomic E-state index is 12.7. The van der Waals surface area contributed by atoms with Gasteiger partial charge >= 0.3 is 12.1 Å². The summed E-state index contributed by atoms with van der Waals surface area (Å²) in [5, 5.41) is 16.1. The summed E-state index contributed by atoms with van der Waals surface area (Å²) in [6.45, 7) is 1.60. The molecule has 8 heteroatoms. The van der Waals surface area contributed by atoms with Gasteiger partial charge in [-0.1, -0.05) is 61.5 Å². The first kappa shape index (κ1) is 22.5. The summed E-state index contributed by atoms with van der Waals surface area (Å²) in [4.78, 5) is 37.1. The van der Waals surface area contributed by atoms with Gasteiger partial charge in [0.2, 0.25) is 5.91 Å². The molecule has 4 rings (SSSR count). The van der Waals surface area contributed by atoms with Crippen LogP contribution in [0.5, 0.6) is 0 Å². The van der Waals surface area contributed by atoms with Crippen LogP contribution in [0.3, 0.4) is 0 Å². The lowest BCUT2D eigenvalue weighted by Crippen LogP contribution is -2.42. The third-order valence-electron chi connectivity index (χ3n) is 5.70. The van der Waals surface area contributed by atoms with Gasteiger partial charge in [-0.3, -0.25) is 9.59 Å². The number of carbonyl (C=O) groups excluding carboxylic acids is 2. The Balaban J connectivity index is 1.43. The molecular formula is C25H24N2O5S. The van der Waals surface area contributed by atoms with Crippen LogP contribution in [0.1, 0.15) is 34.9 Å². The minimum Gasteiger partial charge on any atom is -0.481 e. The number of benzene rings is 2. The summed E-state index contributed by atoms with van der Waals surface area (Å²) in [5.41, 5.74) is 4.46. The quantitative estimate of drug-likeness (QED) is 0.464. The highest BCUT2D eigenvalue weighted by molar-refractivity contribution is 7.10. The van der Waals surface area contributed by atoms with E-state index in [1.165, 1.54) is 18.3 Å². The Morgan fingerprint density at radius 2 is 1.64 bits per heavy atom. The molecule has 1 aliphatic rings. The lowest BCUT2D eigenvalue weighted by molar-refractivity contribution is -0.141. The fraction of sp³-hybridized carbons (Fsp3) is 0.240. The number of hydrogen-bond donors (Lipinski definition) is 3. The molecule has 7 nitrogen and oxygen atoms in total. The Hall–Kier alpha value is -3.65. The number of amides is 2. The molecular weight excluding hydrogens is 440 g/mol. The zero-order valence-electron chi connectivity index (χ0n) is 18.0. The van der Waals surface area contributed by atoms with Crippen LogP contribution in [0.2, 0.25) is 0 Å². The minimum atomic E-state index is -1.01. The third kappa shape index (κ3) is 4.90. The molecule has 170 valence electrons. The molecule has 3 N–H and O–H groups in total. The zero-order valence-corrected chi connectivity index (χ0v) is 18.8. The maximum Gasteiger partial charge on any atom is 0.408 e. The molecule has 2 unspecified atom stereocenters. The zero-order chi connectivity index (χ0) is 23.4. The Bertz CT molecular complexity index is 1120. The van der Waals surface area contributed by atoms with E-state index in [0.29, 0.717) is 4.88 Å². The fourth-order valence-electron chi connectivity index (χ4n) is 3.92. The van der Waals surface area contributed by atoms with Crippen molar-refractivity contribution in [1.29, 1.82) is 0 Å². The Kier molecular flexibility index (Phi) is 6.74. The molecule has 0 saturated carbocycles. The molecule has 1 aliphatic carbocycles. The predicted octanol–water partition coefficient (Wildman–Crippen LogP) is 4.16. The van der Waals surface area contributed by atoms with Gasteiger partial charge in [-0.05, 0) is 33.7 Å².